The van der Waals surface area contributed by atoms with Crippen LogP contribution >= 0.6 is 0 Å². The average Bonchev–Trinajstić information content (AvgIpc) is 3.57. The number of hydrogen-bond acceptors (Lipinski definition) is 5. The highest BCUT2D eigenvalue weighted by Gasteiger charge is 2.18. The number of nitrogens with one attached hydrogen (secondary N) is 1. The molecule has 0 aromatic carbocycles. The molecule has 520 valence electrons. The number of aliphatic hydroxyl groups is 2. The van der Waals surface area contributed by atoms with Gasteiger partial charge >= 0.3 is 5.97 Å². The summed E-state index contributed by atoms with van der Waals surface area (Å²) >= 11 is 0. The molecule has 0 aliphatic carbocycles. The van der Waals surface area contributed by atoms with Gasteiger partial charge in [0.2, 0.25) is 5.91 Å². The quantitative estimate of drug-likeness (QED) is 0.0320. The van der Waals surface area contributed by atoms with Gasteiger partial charge < -0.3 is 20.3 Å². The van der Waals surface area contributed by atoms with Crippen LogP contribution in [0.5, 0.6) is 0 Å². The summed E-state index contributed by atoms with van der Waals surface area (Å²) in [6, 6.07) is -0.626. The first-order valence-electron chi connectivity index (χ1n) is 40.3. The predicted octanol–water partition coefficient (Wildman–Crippen LogP) is 26.6. The van der Waals surface area contributed by atoms with Crippen LogP contribution in [0, 0.1) is 0 Å². The lowest BCUT2D eigenvalue weighted by Crippen LogP contribution is -2.45. The van der Waals surface area contributed by atoms with Gasteiger partial charge in [0.25, 0.3) is 0 Å². The smallest absolute Gasteiger partial charge is 0.305 e. The molecule has 0 radical (unpaired) electrons. The van der Waals surface area contributed by atoms with Crippen molar-refractivity contribution in [1.82, 2.24) is 5.32 Å². The maximum absolute atomic E-state index is 12.6. The lowest BCUT2D eigenvalue weighted by atomic mass is 10.0. The van der Waals surface area contributed by atoms with Crippen molar-refractivity contribution >= 4 is 11.9 Å². The summed E-state index contributed by atoms with van der Waals surface area (Å²) in [5.74, 6) is -0.0511. The third-order valence-corrected chi connectivity index (χ3v) is 18.9. The van der Waals surface area contributed by atoms with Gasteiger partial charge in [-0.1, -0.05) is 410 Å². The van der Waals surface area contributed by atoms with Gasteiger partial charge in [-0.2, -0.15) is 0 Å². The molecule has 6 nitrogen and oxygen atoms in total. The highest BCUT2D eigenvalue weighted by Crippen LogP contribution is 2.20. The zero-order chi connectivity index (χ0) is 63.5. The minimum atomic E-state index is -0.843. The molecule has 0 aromatic rings. The second kappa shape index (κ2) is 77.5. The molecule has 88 heavy (non-hydrogen) atoms. The van der Waals surface area contributed by atoms with Crippen molar-refractivity contribution in [3.63, 3.8) is 0 Å². The highest BCUT2D eigenvalue weighted by molar-refractivity contribution is 5.76. The summed E-state index contributed by atoms with van der Waals surface area (Å²) in [6.45, 7) is 4.93. The van der Waals surface area contributed by atoms with E-state index in [2.05, 4.69) is 43.5 Å². The molecule has 0 spiro atoms. The van der Waals surface area contributed by atoms with E-state index in [1.54, 1.807) is 6.08 Å². The number of rotatable bonds is 76. The first-order valence-corrected chi connectivity index (χ1v) is 40.3. The van der Waals surface area contributed by atoms with Crippen molar-refractivity contribution in [2.45, 2.75) is 463 Å². The zero-order valence-electron chi connectivity index (χ0n) is 59.7. The van der Waals surface area contributed by atoms with Gasteiger partial charge in [-0.3, -0.25) is 9.59 Å². The Labute approximate surface area is 551 Å². The van der Waals surface area contributed by atoms with Crippen molar-refractivity contribution in [1.29, 1.82) is 0 Å². The SMILES string of the molecule is CCCCCC/C=C\C/C=C\CCCCCCCC(=O)OCCCCCCCCCCCCCCCCCCCCCCCCCCCCCCCCCC(=O)NC(CO)C(O)/C=C/CCCCCCCCCCCCCCCCCCCCCCCC. The van der Waals surface area contributed by atoms with Gasteiger partial charge in [-0.05, 0) is 64.2 Å². The van der Waals surface area contributed by atoms with E-state index in [0.717, 1.165) is 51.4 Å². The van der Waals surface area contributed by atoms with Crippen molar-refractivity contribution in [3.05, 3.63) is 36.5 Å². The normalized spacial score (nSPS) is 12.6. The lowest BCUT2D eigenvalue weighted by molar-refractivity contribution is -0.143. The second-order valence-corrected chi connectivity index (χ2v) is 27.8. The van der Waals surface area contributed by atoms with Crippen molar-refractivity contribution in [2.24, 2.45) is 0 Å². The number of allylic oxidation sites excluding steroid dienone is 5. The Bertz CT molecular complexity index is 1430. The number of esters is 1. The predicted molar refractivity (Wildman–Crippen MR) is 389 cm³/mol. The Morgan fingerprint density at radius 1 is 0.318 bits per heavy atom. The van der Waals surface area contributed by atoms with Crippen LogP contribution in [0.1, 0.15) is 450 Å². The molecule has 3 N–H and O–H groups in total. The van der Waals surface area contributed by atoms with Crippen LogP contribution in [0.25, 0.3) is 0 Å². The van der Waals surface area contributed by atoms with E-state index < -0.39 is 12.1 Å². The van der Waals surface area contributed by atoms with E-state index in [4.69, 9.17) is 4.74 Å². The number of aliphatic hydroxyl groups excluding tert-OH is 2. The molecule has 2 unspecified atom stereocenters. The lowest BCUT2D eigenvalue weighted by Gasteiger charge is -2.20. The number of amides is 1. The van der Waals surface area contributed by atoms with Crippen molar-refractivity contribution < 1.29 is 24.5 Å². The second-order valence-electron chi connectivity index (χ2n) is 27.8. The number of ether oxygens (including phenoxy) is 1. The van der Waals surface area contributed by atoms with Gasteiger partial charge in [0.1, 0.15) is 0 Å². The van der Waals surface area contributed by atoms with E-state index >= 15 is 0 Å². The Balaban J connectivity index is 3.36. The highest BCUT2D eigenvalue weighted by atomic mass is 16.5. The minimum Gasteiger partial charge on any atom is -0.466 e. The van der Waals surface area contributed by atoms with E-state index in [0.29, 0.717) is 19.4 Å². The Kier molecular flexibility index (Phi) is 75.8. The summed E-state index contributed by atoms with van der Waals surface area (Å²) in [6.07, 6.45) is 101. The van der Waals surface area contributed by atoms with E-state index in [-0.39, 0.29) is 18.5 Å². The van der Waals surface area contributed by atoms with Crippen LogP contribution in [0.2, 0.25) is 0 Å². The zero-order valence-corrected chi connectivity index (χ0v) is 59.7. The summed E-state index contributed by atoms with van der Waals surface area (Å²) in [7, 11) is 0. The van der Waals surface area contributed by atoms with Crippen LogP contribution < -0.4 is 5.32 Å². The first kappa shape index (κ1) is 86.1. The topological polar surface area (TPSA) is 95.9 Å². The number of carbonyl (C=O) groups excluding carboxylic acids is 2. The van der Waals surface area contributed by atoms with Gasteiger partial charge in [0.15, 0.2) is 0 Å². The molecule has 6 heteroatoms. The molecular weight excluding hydrogens is 1080 g/mol. The molecule has 1 amide bonds. The third kappa shape index (κ3) is 73.1. The average molecular weight is 1240 g/mol. The molecule has 2 atom stereocenters. The molecule has 0 rings (SSSR count). The fourth-order valence-corrected chi connectivity index (χ4v) is 12.8. The molecule has 0 saturated heterocycles. The third-order valence-electron chi connectivity index (χ3n) is 18.9. The summed E-state index contributed by atoms with van der Waals surface area (Å²) in [5, 5.41) is 23.3. The number of hydrogen-bond donors (Lipinski definition) is 3. The van der Waals surface area contributed by atoms with Crippen molar-refractivity contribution in [3.8, 4) is 0 Å². The number of carbonyl (C=O) groups is 2. The molecule has 0 aliphatic heterocycles. The van der Waals surface area contributed by atoms with E-state index in [1.807, 2.05) is 6.08 Å². The maximum Gasteiger partial charge on any atom is 0.305 e. The molecule has 0 fully saturated rings. The molecule has 0 aromatic heterocycles. The molecule has 0 bridgehead atoms. The van der Waals surface area contributed by atoms with E-state index in [9.17, 15) is 19.8 Å². The van der Waals surface area contributed by atoms with Gasteiger partial charge in [0.05, 0.1) is 25.4 Å². The Hall–Kier alpha value is -1.92. The summed E-state index contributed by atoms with van der Waals surface area (Å²) in [4.78, 5) is 24.6. The monoisotopic (exact) mass is 1240 g/mol. The van der Waals surface area contributed by atoms with Crippen LogP contribution in [0.3, 0.4) is 0 Å². The molecule has 0 heterocycles. The number of unbranched alkanes of at least 4 members (excludes halogenated alkanes) is 61. The van der Waals surface area contributed by atoms with Crippen LogP contribution in [-0.4, -0.2) is 47.4 Å². The van der Waals surface area contributed by atoms with Gasteiger partial charge in [0, 0.05) is 12.8 Å². The Morgan fingerprint density at radius 2 is 0.568 bits per heavy atom. The van der Waals surface area contributed by atoms with Gasteiger partial charge in [-0.25, -0.2) is 0 Å². The van der Waals surface area contributed by atoms with Crippen LogP contribution in [0.15, 0.2) is 36.5 Å². The molecular formula is C82H157NO5. The fraction of sp³-hybridized carbons (Fsp3) is 0.902. The minimum absolute atomic E-state index is 0.00767. The maximum atomic E-state index is 12.6. The first-order chi connectivity index (χ1) is 43.5. The molecule has 0 aliphatic rings. The van der Waals surface area contributed by atoms with Crippen LogP contribution in [0.4, 0.5) is 0 Å². The van der Waals surface area contributed by atoms with E-state index in [1.165, 1.54) is 372 Å². The standard InChI is InChI=1S/C82H157NO5/c1-3-5-7-9-11-13-15-17-19-21-22-23-24-34-37-40-43-46-50-54-58-62-66-70-74-80(85)79(78-84)83-81(86)75-71-67-63-59-55-51-47-44-41-38-35-32-30-28-26-25-27-29-31-33-36-39-42-45-49-53-57-61-65-69-73-77-88-82(87)76-72-68-64-60-56-52-48-20-18-16-14-12-10-8-6-4-2/h14,16,20,48,70,74,79-80,84-85H,3-13,15,17-19,21-47,49-69,71-73,75-78H2,1-2H3,(H,83,86)/b16-14-,48-20-,74-70+. The largest absolute Gasteiger partial charge is 0.466 e. The fourth-order valence-electron chi connectivity index (χ4n) is 12.8. The summed E-state index contributed by atoms with van der Waals surface area (Å²) in [5.41, 5.74) is 0. The van der Waals surface area contributed by atoms with Crippen LogP contribution in [-0.2, 0) is 14.3 Å². The van der Waals surface area contributed by atoms with Crippen molar-refractivity contribution in [2.75, 3.05) is 13.2 Å². The van der Waals surface area contributed by atoms with Gasteiger partial charge in [-0.15, -0.1) is 0 Å². The summed E-state index contributed by atoms with van der Waals surface area (Å²) < 4.78 is 5.50. The Morgan fingerprint density at radius 3 is 0.875 bits per heavy atom. The molecule has 0 saturated carbocycles.